The molecule has 0 aromatic rings. The fourth-order valence-corrected chi connectivity index (χ4v) is 2.28. The molecular weight excluding hydrogens is 214 g/mol. The molecule has 4 nitrogen and oxygen atoms in total. The Hall–Kier alpha value is -1.03. The normalized spacial score (nSPS) is 19.8. The summed E-state index contributed by atoms with van der Waals surface area (Å²) in [6.45, 7) is 4.89. The minimum atomic E-state index is -0.266. The molecule has 1 rings (SSSR count). The SMILES string of the molecule is C=CCNC(=NC)NCC(O)C1CCCCC1. The van der Waals surface area contributed by atoms with Crippen LogP contribution in [-0.4, -0.2) is 37.3 Å². The summed E-state index contributed by atoms with van der Waals surface area (Å²) < 4.78 is 0. The highest BCUT2D eigenvalue weighted by atomic mass is 16.3. The van der Waals surface area contributed by atoms with Crippen LogP contribution in [0.3, 0.4) is 0 Å². The van der Waals surface area contributed by atoms with Crippen LogP contribution in [0.15, 0.2) is 17.6 Å². The lowest BCUT2D eigenvalue weighted by Crippen LogP contribution is -2.43. The number of nitrogens with one attached hydrogen (secondary N) is 2. The number of aliphatic imine (C=N–C) groups is 1. The van der Waals surface area contributed by atoms with Crippen LogP contribution in [-0.2, 0) is 0 Å². The molecule has 0 spiro atoms. The number of aliphatic hydroxyl groups is 1. The second kappa shape index (κ2) is 8.12. The van der Waals surface area contributed by atoms with Crippen molar-refractivity contribution >= 4 is 5.96 Å². The number of aliphatic hydroxyl groups excluding tert-OH is 1. The van der Waals surface area contributed by atoms with E-state index in [0.29, 0.717) is 19.0 Å². The Labute approximate surface area is 104 Å². The molecule has 0 aliphatic heterocycles. The minimum absolute atomic E-state index is 0.266. The average Bonchev–Trinajstić information content (AvgIpc) is 2.39. The molecule has 1 saturated carbocycles. The van der Waals surface area contributed by atoms with E-state index in [1.54, 1.807) is 13.1 Å². The van der Waals surface area contributed by atoms with Gasteiger partial charge in [-0.15, -0.1) is 6.58 Å². The van der Waals surface area contributed by atoms with Gasteiger partial charge in [0.15, 0.2) is 5.96 Å². The highest BCUT2D eigenvalue weighted by Crippen LogP contribution is 2.26. The van der Waals surface area contributed by atoms with Crippen molar-refractivity contribution in [3.05, 3.63) is 12.7 Å². The van der Waals surface area contributed by atoms with Gasteiger partial charge in [-0.25, -0.2) is 0 Å². The van der Waals surface area contributed by atoms with Crippen molar-refractivity contribution in [2.75, 3.05) is 20.1 Å². The van der Waals surface area contributed by atoms with Gasteiger partial charge in [0.1, 0.15) is 0 Å². The first kappa shape index (κ1) is 14.0. The summed E-state index contributed by atoms with van der Waals surface area (Å²) in [7, 11) is 1.73. The van der Waals surface area contributed by atoms with Crippen molar-refractivity contribution < 1.29 is 5.11 Å². The first-order chi connectivity index (χ1) is 8.27. The Kier molecular flexibility index (Phi) is 6.70. The second-order valence-electron chi connectivity index (χ2n) is 4.59. The van der Waals surface area contributed by atoms with Crippen LogP contribution in [0, 0.1) is 5.92 Å². The third-order valence-corrected chi connectivity index (χ3v) is 3.31. The average molecular weight is 239 g/mol. The maximum Gasteiger partial charge on any atom is 0.191 e. The third-order valence-electron chi connectivity index (χ3n) is 3.31. The van der Waals surface area contributed by atoms with Crippen LogP contribution in [0.2, 0.25) is 0 Å². The van der Waals surface area contributed by atoms with E-state index >= 15 is 0 Å². The van der Waals surface area contributed by atoms with Crippen molar-refractivity contribution in [3.8, 4) is 0 Å². The summed E-state index contributed by atoms with van der Waals surface area (Å²) in [5.41, 5.74) is 0. The smallest absolute Gasteiger partial charge is 0.191 e. The van der Waals surface area contributed by atoms with Crippen LogP contribution in [0.4, 0.5) is 0 Å². The second-order valence-corrected chi connectivity index (χ2v) is 4.59. The molecule has 0 radical (unpaired) electrons. The van der Waals surface area contributed by atoms with Gasteiger partial charge in [-0.2, -0.15) is 0 Å². The largest absolute Gasteiger partial charge is 0.391 e. The predicted molar refractivity (Wildman–Crippen MR) is 72.1 cm³/mol. The van der Waals surface area contributed by atoms with Gasteiger partial charge in [0.2, 0.25) is 0 Å². The monoisotopic (exact) mass is 239 g/mol. The lowest BCUT2D eigenvalue weighted by Gasteiger charge is -2.27. The van der Waals surface area contributed by atoms with Crippen molar-refractivity contribution in [1.29, 1.82) is 0 Å². The van der Waals surface area contributed by atoms with Gasteiger partial charge >= 0.3 is 0 Å². The van der Waals surface area contributed by atoms with Crippen LogP contribution in [0.5, 0.6) is 0 Å². The van der Waals surface area contributed by atoms with Gasteiger partial charge < -0.3 is 15.7 Å². The number of hydrogen-bond acceptors (Lipinski definition) is 2. The summed E-state index contributed by atoms with van der Waals surface area (Å²) in [5.74, 6) is 1.17. The van der Waals surface area contributed by atoms with E-state index in [1.165, 1.54) is 19.3 Å². The lowest BCUT2D eigenvalue weighted by atomic mass is 9.85. The fraction of sp³-hybridized carbons (Fsp3) is 0.769. The van der Waals surface area contributed by atoms with E-state index < -0.39 is 0 Å². The van der Waals surface area contributed by atoms with Gasteiger partial charge in [0.05, 0.1) is 6.10 Å². The third kappa shape index (κ3) is 5.22. The zero-order valence-corrected chi connectivity index (χ0v) is 10.8. The highest BCUT2D eigenvalue weighted by molar-refractivity contribution is 5.79. The van der Waals surface area contributed by atoms with Crippen LogP contribution < -0.4 is 10.6 Å². The molecule has 98 valence electrons. The zero-order chi connectivity index (χ0) is 12.5. The van der Waals surface area contributed by atoms with Gasteiger partial charge in [0.25, 0.3) is 0 Å². The van der Waals surface area contributed by atoms with E-state index in [4.69, 9.17) is 0 Å². The van der Waals surface area contributed by atoms with Crippen LogP contribution >= 0.6 is 0 Å². The van der Waals surface area contributed by atoms with E-state index in [9.17, 15) is 5.11 Å². The summed E-state index contributed by atoms with van der Waals surface area (Å²) in [5, 5.41) is 16.3. The molecule has 0 amide bonds. The Balaban J connectivity index is 2.25. The number of nitrogens with zero attached hydrogens (tertiary/aromatic N) is 1. The standard InChI is InChI=1S/C13H25N3O/c1-3-9-15-13(14-2)16-10-12(17)11-7-5-4-6-8-11/h3,11-12,17H,1,4-10H2,2H3,(H2,14,15,16). The van der Waals surface area contributed by atoms with E-state index in [2.05, 4.69) is 22.2 Å². The number of hydrogen-bond donors (Lipinski definition) is 3. The molecule has 0 heterocycles. The molecule has 1 atom stereocenters. The van der Waals surface area contributed by atoms with Crippen LogP contribution in [0.25, 0.3) is 0 Å². The van der Waals surface area contributed by atoms with E-state index in [-0.39, 0.29) is 6.10 Å². The number of guanidine groups is 1. The minimum Gasteiger partial charge on any atom is -0.391 e. The molecule has 0 aromatic heterocycles. The number of rotatable bonds is 5. The molecule has 17 heavy (non-hydrogen) atoms. The van der Waals surface area contributed by atoms with Gasteiger partial charge in [-0.1, -0.05) is 25.3 Å². The molecular formula is C13H25N3O. The molecule has 1 aliphatic rings. The van der Waals surface area contributed by atoms with Gasteiger partial charge in [-0.3, -0.25) is 4.99 Å². The summed E-state index contributed by atoms with van der Waals surface area (Å²) in [6, 6.07) is 0. The van der Waals surface area contributed by atoms with Crippen LogP contribution in [0.1, 0.15) is 32.1 Å². The summed E-state index contributed by atoms with van der Waals surface area (Å²) in [4.78, 5) is 4.08. The predicted octanol–water partition coefficient (Wildman–Crippen LogP) is 1.28. The molecule has 3 N–H and O–H groups in total. The molecule has 1 unspecified atom stereocenters. The molecule has 4 heteroatoms. The molecule has 0 aromatic carbocycles. The van der Waals surface area contributed by atoms with E-state index in [1.807, 2.05) is 0 Å². The van der Waals surface area contributed by atoms with Crippen molar-refractivity contribution in [2.24, 2.45) is 10.9 Å². The first-order valence-corrected chi connectivity index (χ1v) is 6.51. The zero-order valence-electron chi connectivity index (χ0n) is 10.8. The Bertz CT molecular complexity index is 247. The van der Waals surface area contributed by atoms with Crippen molar-refractivity contribution in [2.45, 2.75) is 38.2 Å². The van der Waals surface area contributed by atoms with E-state index in [0.717, 1.165) is 18.8 Å². The summed E-state index contributed by atoms with van der Waals surface area (Å²) >= 11 is 0. The Morgan fingerprint density at radius 3 is 2.71 bits per heavy atom. The highest BCUT2D eigenvalue weighted by Gasteiger charge is 2.21. The lowest BCUT2D eigenvalue weighted by molar-refractivity contribution is 0.0880. The topological polar surface area (TPSA) is 56.7 Å². The van der Waals surface area contributed by atoms with Gasteiger partial charge in [-0.05, 0) is 18.8 Å². The van der Waals surface area contributed by atoms with Gasteiger partial charge in [0, 0.05) is 20.1 Å². The maximum absolute atomic E-state index is 10.1. The molecule has 0 saturated heterocycles. The van der Waals surface area contributed by atoms with Crippen molar-refractivity contribution in [1.82, 2.24) is 10.6 Å². The first-order valence-electron chi connectivity index (χ1n) is 6.51. The molecule has 1 fully saturated rings. The molecule has 0 bridgehead atoms. The quantitative estimate of drug-likeness (QED) is 0.385. The fourth-order valence-electron chi connectivity index (χ4n) is 2.28. The summed E-state index contributed by atoms with van der Waals surface area (Å²) in [6.07, 6.45) is 7.65. The Morgan fingerprint density at radius 1 is 1.41 bits per heavy atom. The Morgan fingerprint density at radius 2 is 2.12 bits per heavy atom. The maximum atomic E-state index is 10.1. The molecule has 1 aliphatic carbocycles. The van der Waals surface area contributed by atoms with Crippen molar-refractivity contribution in [3.63, 3.8) is 0 Å².